The van der Waals surface area contributed by atoms with Gasteiger partial charge in [-0.05, 0) is 55.2 Å². The first-order valence-electron chi connectivity index (χ1n) is 11.2. The Labute approximate surface area is 199 Å². The van der Waals surface area contributed by atoms with E-state index in [0.717, 1.165) is 45.0 Å². The van der Waals surface area contributed by atoms with E-state index in [1.807, 2.05) is 29.2 Å². The fourth-order valence-corrected chi connectivity index (χ4v) is 5.34. The third kappa shape index (κ3) is 6.02. The first kappa shape index (κ1) is 23.5. The van der Waals surface area contributed by atoms with Crippen LogP contribution in [0.4, 0.5) is 0 Å². The summed E-state index contributed by atoms with van der Waals surface area (Å²) < 4.78 is 12.5. The summed E-state index contributed by atoms with van der Waals surface area (Å²) in [6.45, 7) is 8.80. The van der Waals surface area contributed by atoms with Gasteiger partial charge in [0.25, 0.3) is 0 Å². The molecule has 8 heteroatoms. The van der Waals surface area contributed by atoms with E-state index < -0.39 is 5.60 Å². The minimum Gasteiger partial charge on any atom is -0.491 e. The number of benzene rings is 1. The summed E-state index contributed by atoms with van der Waals surface area (Å²) in [5.74, 6) is 0.877. The molecule has 0 bridgehead atoms. The topological polar surface area (TPSA) is 45.3 Å². The maximum Gasteiger partial charge on any atom is 0.225 e. The molecule has 2 aliphatic rings. The number of hydrogen-bond donors (Lipinski definition) is 0. The van der Waals surface area contributed by atoms with Crippen LogP contribution in [0, 0.1) is 6.92 Å². The molecule has 1 aromatic heterocycles. The fourth-order valence-electron chi connectivity index (χ4n) is 4.26. The Morgan fingerprint density at radius 3 is 2.59 bits per heavy atom. The van der Waals surface area contributed by atoms with E-state index in [4.69, 9.17) is 21.1 Å². The number of likely N-dealkylation sites (N-methyl/N-ethyl adjacent to an activating group) is 1. The van der Waals surface area contributed by atoms with E-state index in [1.165, 1.54) is 10.4 Å². The number of rotatable bonds is 7. The lowest BCUT2D eigenvalue weighted by atomic mass is 9.96. The zero-order valence-corrected chi connectivity index (χ0v) is 20.5. The molecule has 32 heavy (non-hydrogen) atoms. The Balaban J connectivity index is 1.47. The Hall–Kier alpha value is -1.64. The molecule has 3 heterocycles. The highest BCUT2D eigenvalue weighted by Crippen LogP contribution is 2.28. The van der Waals surface area contributed by atoms with Crippen LogP contribution in [0.2, 0.25) is 5.02 Å². The molecule has 1 atom stereocenters. The summed E-state index contributed by atoms with van der Waals surface area (Å²) >= 11 is 7.80. The number of piperazine rings is 1. The smallest absolute Gasteiger partial charge is 0.225 e. The van der Waals surface area contributed by atoms with E-state index in [0.29, 0.717) is 31.2 Å². The predicted molar refractivity (Wildman–Crippen MR) is 129 cm³/mol. The molecule has 1 aromatic carbocycles. The molecule has 2 aromatic rings. The van der Waals surface area contributed by atoms with E-state index >= 15 is 0 Å². The van der Waals surface area contributed by atoms with Crippen molar-refractivity contribution >= 4 is 28.8 Å². The maximum absolute atomic E-state index is 13.2. The normalized spacial score (nSPS) is 22.8. The molecule has 2 aliphatic heterocycles. The lowest BCUT2D eigenvalue weighted by molar-refractivity contribution is -0.157. The zero-order valence-electron chi connectivity index (χ0n) is 18.9. The number of aryl methyl sites for hydroxylation is 1. The monoisotopic (exact) mass is 477 g/mol. The molecule has 1 unspecified atom stereocenters. The van der Waals surface area contributed by atoms with E-state index in [9.17, 15) is 4.79 Å². The van der Waals surface area contributed by atoms with Gasteiger partial charge in [0, 0.05) is 55.7 Å². The Bertz CT molecular complexity index is 898. The number of morpholine rings is 1. The first-order chi connectivity index (χ1) is 15.4. The molecule has 174 valence electrons. The molecule has 0 spiro atoms. The van der Waals surface area contributed by atoms with Gasteiger partial charge in [-0.2, -0.15) is 0 Å². The van der Waals surface area contributed by atoms with Crippen LogP contribution in [-0.2, 0) is 16.1 Å². The standard InChI is InChI=1S/C24H32ClN3O3S/c1-19-7-14-32-22(19)16-27-12-13-31-24(17-27,18-30-21-5-3-20(25)4-6-21)15-23(29)28-10-8-26(2)9-11-28/h3-7,14H,8-13,15-18H2,1-2H3. The SMILES string of the molecule is Cc1ccsc1CN1CCOC(COc2ccc(Cl)cc2)(CC(=O)N2CCN(C)CC2)C1. The molecular formula is C24H32ClN3O3S. The van der Waals surface area contributed by atoms with Gasteiger partial charge in [-0.3, -0.25) is 9.69 Å². The average molecular weight is 478 g/mol. The number of hydrogen-bond acceptors (Lipinski definition) is 6. The summed E-state index contributed by atoms with van der Waals surface area (Å²) in [6, 6.07) is 9.50. The highest BCUT2D eigenvalue weighted by molar-refractivity contribution is 7.10. The van der Waals surface area contributed by atoms with Crippen LogP contribution in [0.5, 0.6) is 5.75 Å². The van der Waals surface area contributed by atoms with Gasteiger partial charge in [0.15, 0.2) is 0 Å². The Morgan fingerprint density at radius 1 is 1.16 bits per heavy atom. The van der Waals surface area contributed by atoms with Crippen LogP contribution >= 0.6 is 22.9 Å². The number of carbonyl (C=O) groups excluding carboxylic acids is 1. The lowest BCUT2D eigenvalue weighted by Gasteiger charge is -2.43. The number of nitrogens with zero attached hydrogens (tertiary/aromatic N) is 3. The quantitative estimate of drug-likeness (QED) is 0.610. The van der Waals surface area contributed by atoms with E-state index in [1.54, 1.807) is 11.3 Å². The van der Waals surface area contributed by atoms with Gasteiger partial charge < -0.3 is 19.3 Å². The molecular weight excluding hydrogens is 446 g/mol. The van der Waals surface area contributed by atoms with E-state index in [-0.39, 0.29) is 5.91 Å². The van der Waals surface area contributed by atoms with Gasteiger partial charge in [0.05, 0.1) is 13.0 Å². The predicted octanol–water partition coefficient (Wildman–Crippen LogP) is 3.52. The van der Waals surface area contributed by atoms with Crippen molar-refractivity contribution in [2.24, 2.45) is 0 Å². The van der Waals surface area contributed by atoms with Gasteiger partial charge in [0.1, 0.15) is 18.0 Å². The van der Waals surface area contributed by atoms with Crippen LogP contribution in [0.15, 0.2) is 35.7 Å². The summed E-state index contributed by atoms with van der Waals surface area (Å²) in [7, 11) is 2.10. The molecule has 2 saturated heterocycles. The second kappa shape index (κ2) is 10.5. The third-order valence-corrected chi connectivity index (χ3v) is 7.57. The van der Waals surface area contributed by atoms with E-state index in [2.05, 4.69) is 35.2 Å². The fraction of sp³-hybridized carbons (Fsp3) is 0.542. The number of halogens is 1. The van der Waals surface area contributed by atoms with Gasteiger partial charge in [0.2, 0.25) is 5.91 Å². The van der Waals surface area contributed by atoms with Crippen molar-refractivity contribution in [1.82, 2.24) is 14.7 Å². The molecule has 0 saturated carbocycles. The molecule has 6 nitrogen and oxygen atoms in total. The van der Waals surface area contributed by atoms with Gasteiger partial charge in [-0.1, -0.05) is 11.6 Å². The van der Waals surface area contributed by atoms with Crippen LogP contribution in [0.25, 0.3) is 0 Å². The zero-order chi connectivity index (χ0) is 22.6. The number of amides is 1. The highest BCUT2D eigenvalue weighted by atomic mass is 35.5. The third-order valence-electron chi connectivity index (χ3n) is 6.31. The summed E-state index contributed by atoms with van der Waals surface area (Å²) in [6.07, 6.45) is 0.324. The average Bonchev–Trinajstić information content (AvgIpc) is 3.18. The van der Waals surface area contributed by atoms with Crippen LogP contribution < -0.4 is 4.74 Å². The van der Waals surface area contributed by atoms with Gasteiger partial charge >= 0.3 is 0 Å². The van der Waals surface area contributed by atoms with Crippen molar-refractivity contribution in [2.45, 2.75) is 25.5 Å². The second-order valence-electron chi connectivity index (χ2n) is 8.87. The minimum absolute atomic E-state index is 0.145. The molecule has 0 aliphatic carbocycles. The molecule has 0 radical (unpaired) electrons. The summed E-state index contributed by atoms with van der Waals surface area (Å²) in [5, 5.41) is 2.81. The second-order valence-corrected chi connectivity index (χ2v) is 10.3. The van der Waals surface area contributed by atoms with Crippen molar-refractivity contribution in [1.29, 1.82) is 0 Å². The Morgan fingerprint density at radius 2 is 1.91 bits per heavy atom. The largest absolute Gasteiger partial charge is 0.491 e. The van der Waals surface area contributed by atoms with Gasteiger partial charge in [-0.25, -0.2) is 0 Å². The first-order valence-corrected chi connectivity index (χ1v) is 12.4. The van der Waals surface area contributed by atoms with Crippen molar-refractivity contribution in [3.63, 3.8) is 0 Å². The minimum atomic E-state index is -0.677. The summed E-state index contributed by atoms with van der Waals surface area (Å²) in [5.41, 5.74) is 0.641. The van der Waals surface area contributed by atoms with Crippen molar-refractivity contribution < 1.29 is 14.3 Å². The number of thiophene rings is 1. The van der Waals surface area contributed by atoms with Crippen molar-refractivity contribution in [2.75, 3.05) is 59.5 Å². The highest BCUT2D eigenvalue weighted by Gasteiger charge is 2.41. The maximum atomic E-state index is 13.2. The number of ether oxygens (including phenoxy) is 2. The molecule has 2 fully saturated rings. The molecule has 0 N–H and O–H groups in total. The van der Waals surface area contributed by atoms with Gasteiger partial charge in [-0.15, -0.1) is 11.3 Å². The van der Waals surface area contributed by atoms with Crippen LogP contribution in [-0.4, -0.2) is 85.7 Å². The molecule has 1 amide bonds. The lowest BCUT2D eigenvalue weighted by Crippen LogP contribution is -2.58. The van der Waals surface area contributed by atoms with Crippen molar-refractivity contribution in [3.05, 3.63) is 51.2 Å². The summed E-state index contributed by atoms with van der Waals surface area (Å²) in [4.78, 5) is 21.2. The van der Waals surface area contributed by atoms with Crippen LogP contribution in [0.1, 0.15) is 16.9 Å². The Kier molecular flexibility index (Phi) is 7.74. The van der Waals surface area contributed by atoms with Crippen LogP contribution in [0.3, 0.4) is 0 Å². The molecule has 4 rings (SSSR count). The number of carbonyl (C=O) groups is 1. The van der Waals surface area contributed by atoms with Crippen molar-refractivity contribution in [3.8, 4) is 5.75 Å².